The molecule has 0 bridgehead atoms. The summed E-state index contributed by atoms with van der Waals surface area (Å²) in [6.07, 6.45) is 0. The molecule has 324 valence electrons. The Kier molecular flexibility index (Phi) is 9.32. The molecule has 3 nitrogen and oxygen atoms in total. The number of aromatic nitrogens is 1. The SMILES string of the molecule is c1ccc(N2c3cccc(-c4cccc(-c5ccc(N(c6ccc7c(ccc8ccccc87)c6)c6ccc7sc8ccccc8c7c6)cc5)c4)c3Sc3c2n(-c2ccccc2)c2ccccc32)cc1. The summed E-state index contributed by atoms with van der Waals surface area (Å²) in [4.78, 5) is 7.37. The molecule has 3 heterocycles. The van der Waals surface area contributed by atoms with E-state index in [0.29, 0.717) is 0 Å². The average molecular weight is 916 g/mol. The number of fused-ring (bicyclic) bond motifs is 10. The van der Waals surface area contributed by atoms with Gasteiger partial charge in [-0.05, 0) is 135 Å². The smallest absolute Gasteiger partial charge is 0.137 e. The van der Waals surface area contributed by atoms with Crippen LogP contribution in [0, 0.1) is 0 Å². The van der Waals surface area contributed by atoms with Gasteiger partial charge >= 0.3 is 0 Å². The number of hydrogen-bond acceptors (Lipinski definition) is 4. The number of thiophene rings is 1. The first-order valence-corrected chi connectivity index (χ1v) is 25.0. The number of nitrogens with zero attached hydrogens (tertiary/aromatic N) is 3. The molecule has 0 radical (unpaired) electrons. The van der Waals surface area contributed by atoms with Gasteiger partial charge < -0.3 is 4.90 Å². The van der Waals surface area contributed by atoms with E-state index in [9.17, 15) is 0 Å². The zero-order chi connectivity index (χ0) is 45.4. The molecule has 0 fully saturated rings. The molecule has 1 aliphatic heterocycles. The van der Waals surface area contributed by atoms with Crippen LogP contribution in [0.1, 0.15) is 0 Å². The molecule has 13 aromatic rings. The topological polar surface area (TPSA) is 11.4 Å². The van der Waals surface area contributed by atoms with E-state index in [4.69, 9.17) is 0 Å². The molecule has 0 spiro atoms. The van der Waals surface area contributed by atoms with Crippen molar-refractivity contribution in [2.24, 2.45) is 0 Å². The fraction of sp³-hybridized carbons (Fsp3) is 0. The van der Waals surface area contributed by atoms with Crippen LogP contribution in [-0.4, -0.2) is 4.57 Å². The Morgan fingerprint density at radius 2 is 0.986 bits per heavy atom. The normalized spacial score (nSPS) is 12.3. The van der Waals surface area contributed by atoms with Crippen molar-refractivity contribution in [1.82, 2.24) is 4.57 Å². The van der Waals surface area contributed by atoms with Crippen molar-refractivity contribution in [2.45, 2.75) is 9.79 Å². The summed E-state index contributed by atoms with van der Waals surface area (Å²) < 4.78 is 5.03. The van der Waals surface area contributed by atoms with Gasteiger partial charge in [0.15, 0.2) is 0 Å². The number of para-hydroxylation sites is 3. The summed E-state index contributed by atoms with van der Waals surface area (Å²) in [5.41, 5.74) is 12.7. The van der Waals surface area contributed by atoms with Gasteiger partial charge in [0.2, 0.25) is 0 Å². The maximum absolute atomic E-state index is 2.46. The summed E-state index contributed by atoms with van der Waals surface area (Å²) in [6.45, 7) is 0. The Labute approximate surface area is 408 Å². The van der Waals surface area contributed by atoms with Gasteiger partial charge in [-0.2, -0.15) is 0 Å². The molecule has 14 rings (SSSR count). The molecular formula is C64H41N3S2. The monoisotopic (exact) mass is 915 g/mol. The molecule has 0 saturated carbocycles. The van der Waals surface area contributed by atoms with Crippen molar-refractivity contribution in [3.8, 4) is 27.9 Å². The average Bonchev–Trinajstić information content (AvgIpc) is 3.96. The molecule has 11 aromatic carbocycles. The third-order valence-corrected chi connectivity index (χ3v) is 16.1. The van der Waals surface area contributed by atoms with Crippen molar-refractivity contribution in [2.75, 3.05) is 9.80 Å². The quantitative estimate of drug-likeness (QED) is 0.148. The fourth-order valence-corrected chi connectivity index (χ4v) is 12.9. The lowest BCUT2D eigenvalue weighted by molar-refractivity contribution is 1.03. The lowest BCUT2D eigenvalue weighted by Crippen LogP contribution is -2.18. The predicted molar refractivity (Wildman–Crippen MR) is 296 cm³/mol. The Balaban J connectivity index is 0.873. The predicted octanol–water partition coefficient (Wildman–Crippen LogP) is 19.0. The molecule has 0 N–H and O–H groups in total. The number of hydrogen-bond donors (Lipinski definition) is 0. The van der Waals surface area contributed by atoms with E-state index in [1.54, 1.807) is 0 Å². The summed E-state index contributed by atoms with van der Waals surface area (Å²) in [7, 11) is 0. The molecule has 0 amide bonds. The van der Waals surface area contributed by atoms with E-state index in [-0.39, 0.29) is 0 Å². The van der Waals surface area contributed by atoms with Gasteiger partial charge in [-0.15, -0.1) is 11.3 Å². The summed E-state index contributed by atoms with van der Waals surface area (Å²) >= 11 is 3.74. The van der Waals surface area contributed by atoms with Crippen LogP contribution in [0.25, 0.3) is 80.6 Å². The zero-order valence-corrected chi connectivity index (χ0v) is 39.0. The molecule has 0 atom stereocenters. The van der Waals surface area contributed by atoms with Crippen molar-refractivity contribution < 1.29 is 0 Å². The third-order valence-electron chi connectivity index (χ3n) is 13.7. The highest BCUT2D eigenvalue weighted by atomic mass is 32.2. The first kappa shape index (κ1) is 39.8. The van der Waals surface area contributed by atoms with E-state index in [2.05, 4.69) is 263 Å². The van der Waals surface area contributed by atoms with Crippen molar-refractivity contribution in [3.63, 3.8) is 0 Å². The third kappa shape index (κ3) is 6.57. The van der Waals surface area contributed by atoms with Gasteiger partial charge in [0.25, 0.3) is 0 Å². The van der Waals surface area contributed by atoms with E-state index < -0.39 is 0 Å². The first-order chi connectivity index (χ1) is 34.2. The fourth-order valence-electron chi connectivity index (χ4n) is 10.5. The minimum Gasteiger partial charge on any atom is -0.310 e. The number of rotatable bonds is 7. The molecule has 69 heavy (non-hydrogen) atoms. The highest BCUT2D eigenvalue weighted by Gasteiger charge is 2.33. The second-order valence-electron chi connectivity index (χ2n) is 17.7. The standard InChI is InChI=1S/C64H41N3S2/c1-3-18-47(19-4-1)66-58-26-11-9-24-56(58)63-64(66)67(48-20-5-2-6-21-48)59-27-14-25-54(62(59)69-63)45-17-13-16-44(39-45)42-31-33-49(34-32-42)65(51-36-38-61-57(41-51)55-23-10-12-28-60(55)68-61)50-35-37-53-46(40-50)30-29-43-15-7-8-22-52(43)53/h1-41H. The highest BCUT2D eigenvalue weighted by Crippen LogP contribution is 2.58. The van der Waals surface area contributed by atoms with Crippen molar-refractivity contribution >= 4 is 110 Å². The van der Waals surface area contributed by atoms with Crippen LogP contribution in [0.4, 0.5) is 34.3 Å². The van der Waals surface area contributed by atoms with E-state index in [0.717, 1.165) is 34.3 Å². The Morgan fingerprint density at radius 3 is 1.84 bits per heavy atom. The summed E-state index contributed by atoms with van der Waals surface area (Å²) in [5, 5.41) is 8.83. The minimum atomic E-state index is 1.11. The van der Waals surface area contributed by atoms with Crippen LogP contribution in [0.3, 0.4) is 0 Å². The van der Waals surface area contributed by atoms with Crippen LogP contribution in [-0.2, 0) is 0 Å². The maximum Gasteiger partial charge on any atom is 0.137 e. The summed E-state index contributed by atoms with van der Waals surface area (Å²) in [5.74, 6) is 1.16. The lowest BCUT2D eigenvalue weighted by Gasteiger charge is -2.34. The van der Waals surface area contributed by atoms with Gasteiger partial charge in [0.05, 0.1) is 16.1 Å². The zero-order valence-electron chi connectivity index (χ0n) is 37.3. The molecule has 1 aliphatic rings. The van der Waals surface area contributed by atoms with E-state index in [1.165, 1.54) is 90.4 Å². The molecule has 0 unspecified atom stereocenters. The van der Waals surface area contributed by atoms with Gasteiger partial charge in [-0.1, -0.05) is 169 Å². The van der Waals surface area contributed by atoms with Crippen LogP contribution in [0.2, 0.25) is 0 Å². The van der Waals surface area contributed by atoms with Crippen LogP contribution < -0.4 is 9.80 Å². The first-order valence-electron chi connectivity index (χ1n) is 23.4. The molecular weight excluding hydrogens is 875 g/mol. The highest BCUT2D eigenvalue weighted by molar-refractivity contribution is 8.00. The molecule has 2 aromatic heterocycles. The van der Waals surface area contributed by atoms with Gasteiger partial charge in [-0.25, -0.2) is 0 Å². The van der Waals surface area contributed by atoms with Gasteiger partial charge in [-0.3, -0.25) is 9.47 Å². The molecule has 5 heteroatoms. The van der Waals surface area contributed by atoms with Crippen molar-refractivity contribution in [3.05, 3.63) is 249 Å². The summed E-state index contributed by atoms with van der Waals surface area (Å²) in [6, 6.07) is 91.1. The van der Waals surface area contributed by atoms with Crippen molar-refractivity contribution in [1.29, 1.82) is 0 Å². The Morgan fingerprint density at radius 1 is 0.348 bits per heavy atom. The largest absolute Gasteiger partial charge is 0.310 e. The van der Waals surface area contributed by atoms with E-state index in [1.807, 2.05) is 23.1 Å². The second-order valence-corrected chi connectivity index (χ2v) is 19.8. The Hall–Kier alpha value is -8.35. The van der Waals surface area contributed by atoms with Gasteiger partial charge in [0.1, 0.15) is 5.82 Å². The van der Waals surface area contributed by atoms with E-state index >= 15 is 0 Å². The van der Waals surface area contributed by atoms with Gasteiger partial charge in [0, 0.05) is 58.9 Å². The number of anilines is 6. The van der Waals surface area contributed by atoms with Crippen LogP contribution >= 0.6 is 23.1 Å². The lowest BCUT2D eigenvalue weighted by atomic mass is 9.98. The molecule has 0 aliphatic carbocycles. The minimum absolute atomic E-state index is 1.11. The maximum atomic E-state index is 2.46. The number of benzene rings is 11. The van der Waals surface area contributed by atoms with Crippen LogP contribution in [0.5, 0.6) is 0 Å². The van der Waals surface area contributed by atoms with Crippen LogP contribution in [0.15, 0.2) is 259 Å². The Bertz CT molecular complexity index is 4120. The molecule has 0 saturated heterocycles. The second kappa shape index (κ2) is 16.2.